The molecular weight excluding hydrogens is 340 g/mol. The molecule has 0 saturated carbocycles. The van der Waals surface area contributed by atoms with Gasteiger partial charge in [0.25, 0.3) is 0 Å². The Morgan fingerprint density at radius 1 is 0.593 bits per heavy atom. The van der Waals surface area contributed by atoms with Gasteiger partial charge in [-0.2, -0.15) is 0 Å². The fourth-order valence-electron chi connectivity index (χ4n) is 3.08. The molecule has 0 unspecified atom stereocenters. The minimum absolute atomic E-state index is 0.0235. The highest BCUT2D eigenvalue weighted by molar-refractivity contribution is 5.89. The van der Waals surface area contributed by atoms with Crippen molar-refractivity contribution in [3.8, 4) is 0 Å². The number of carbonyl (C=O) groups is 2. The summed E-state index contributed by atoms with van der Waals surface area (Å²) >= 11 is 0. The molecule has 3 aromatic rings. The smallest absolute Gasteiger partial charge is 0.337 e. The van der Waals surface area contributed by atoms with Crippen molar-refractivity contribution in [1.82, 2.24) is 0 Å². The van der Waals surface area contributed by atoms with Gasteiger partial charge in [-0.1, -0.05) is 54.6 Å². The zero-order valence-corrected chi connectivity index (χ0v) is 15.2. The van der Waals surface area contributed by atoms with Crippen LogP contribution >= 0.6 is 0 Å². The summed E-state index contributed by atoms with van der Waals surface area (Å²) < 4.78 is 9.54. The number of hydrogen-bond donors (Lipinski definition) is 0. The number of esters is 2. The van der Waals surface area contributed by atoms with Crippen molar-refractivity contribution < 1.29 is 19.1 Å². The first-order valence-corrected chi connectivity index (χ1v) is 8.55. The summed E-state index contributed by atoms with van der Waals surface area (Å²) in [6, 6.07) is 24.9. The molecule has 0 aliphatic carbocycles. The number of rotatable bonds is 5. The van der Waals surface area contributed by atoms with Crippen molar-refractivity contribution in [3.63, 3.8) is 0 Å². The van der Waals surface area contributed by atoms with Crippen LogP contribution in [0.25, 0.3) is 0 Å². The molecular formula is C23H20O4. The van der Waals surface area contributed by atoms with Gasteiger partial charge in [0.1, 0.15) is 0 Å². The van der Waals surface area contributed by atoms with Gasteiger partial charge in [0.15, 0.2) is 0 Å². The Kier molecular flexibility index (Phi) is 5.67. The lowest BCUT2D eigenvalue weighted by Gasteiger charge is -2.19. The summed E-state index contributed by atoms with van der Waals surface area (Å²) in [5, 5.41) is 0. The molecule has 27 heavy (non-hydrogen) atoms. The second-order valence-corrected chi connectivity index (χ2v) is 6.07. The van der Waals surface area contributed by atoms with Crippen molar-refractivity contribution in [2.45, 2.75) is 5.92 Å². The van der Waals surface area contributed by atoms with Crippen molar-refractivity contribution in [2.24, 2.45) is 0 Å². The summed E-state index contributed by atoms with van der Waals surface area (Å²) in [4.78, 5) is 23.4. The van der Waals surface area contributed by atoms with E-state index in [-0.39, 0.29) is 17.9 Å². The standard InChI is InChI=1S/C23H20O4/c1-26-22(24)19-12-8-17(9-13-19)21(16-6-4-3-5-7-16)18-10-14-20(15-11-18)23(25)27-2/h3-15,21H,1-2H3. The first-order chi connectivity index (χ1) is 13.1. The normalized spacial score (nSPS) is 10.5. The maximum Gasteiger partial charge on any atom is 0.337 e. The van der Waals surface area contributed by atoms with Gasteiger partial charge in [-0.25, -0.2) is 9.59 Å². The van der Waals surface area contributed by atoms with Crippen LogP contribution in [0.2, 0.25) is 0 Å². The van der Waals surface area contributed by atoms with Gasteiger partial charge in [-0.3, -0.25) is 0 Å². The summed E-state index contributed by atoms with van der Waals surface area (Å²) in [6.45, 7) is 0. The van der Waals surface area contributed by atoms with E-state index in [4.69, 9.17) is 9.47 Å². The average Bonchev–Trinajstić information content (AvgIpc) is 2.74. The molecule has 3 rings (SSSR count). The number of methoxy groups -OCH3 is 2. The third kappa shape index (κ3) is 4.06. The van der Waals surface area contributed by atoms with E-state index >= 15 is 0 Å². The van der Waals surface area contributed by atoms with E-state index in [1.165, 1.54) is 14.2 Å². The quantitative estimate of drug-likeness (QED) is 0.499. The summed E-state index contributed by atoms with van der Waals surface area (Å²) in [7, 11) is 2.73. The average molecular weight is 360 g/mol. The maximum atomic E-state index is 11.7. The SMILES string of the molecule is COC(=O)c1ccc(C(c2ccccc2)c2ccc(C(=O)OC)cc2)cc1. The Bertz CT molecular complexity index is 853. The highest BCUT2D eigenvalue weighted by atomic mass is 16.5. The van der Waals surface area contributed by atoms with Gasteiger partial charge in [0.2, 0.25) is 0 Å². The van der Waals surface area contributed by atoms with E-state index in [1.807, 2.05) is 42.5 Å². The van der Waals surface area contributed by atoms with E-state index in [0.717, 1.165) is 16.7 Å². The Morgan fingerprint density at radius 2 is 0.963 bits per heavy atom. The van der Waals surface area contributed by atoms with Crippen molar-refractivity contribution >= 4 is 11.9 Å². The van der Waals surface area contributed by atoms with E-state index < -0.39 is 0 Å². The van der Waals surface area contributed by atoms with Crippen LogP contribution in [0.5, 0.6) is 0 Å². The predicted octanol–water partition coefficient (Wildman–Crippen LogP) is 4.44. The molecule has 0 amide bonds. The molecule has 0 heterocycles. The molecule has 0 aliphatic rings. The predicted molar refractivity (Wildman–Crippen MR) is 103 cm³/mol. The molecule has 0 aromatic heterocycles. The van der Waals surface area contributed by atoms with Gasteiger partial charge >= 0.3 is 11.9 Å². The topological polar surface area (TPSA) is 52.6 Å². The number of hydrogen-bond acceptors (Lipinski definition) is 4. The van der Waals surface area contributed by atoms with Crippen LogP contribution in [0.3, 0.4) is 0 Å². The second-order valence-electron chi connectivity index (χ2n) is 6.07. The summed E-state index contributed by atoms with van der Waals surface area (Å²) in [5.74, 6) is -0.745. The highest BCUT2D eigenvalue weighted by Gasteiger charge is 2.18. The lowest BCUT2D eigenvalue weighted by Crippen LogP contribution is -2.06. The number of ether oxygens (including phenoxy) is 2. The molecule has 136 valence electrons. The molecule has 0 radical (unpaired) electrons. The van der Waals surface area contributed by atoms with Crippen molar-refractivity contribution in [1.29, 1.82) is 0 Å². The van der Waals surface area contributed by atoms with Gasteiger partial charge in [0, 0.05) is 5.92 Å². The minimum Gasteiger partial charge on any atom is -0.465 e. The largest absolute Gasteiger partial charge is 0.465 e. The van der Waals surface area contributed by atoms with E-state index in [2.05, 4.69) is 12.1 Å². The van der Waals surface area contributed by atoms with Gasteiger partial charge in [-0.15, -0.1) is 0 Å². The molecule has 4 heteroatoms. The monoisotopic (exact) mass is 360 g/mol. The molecule has 0 bridgehead atoms. The van der Waals surface area contributed by atoms with Gasteiger partial charge in [-0.05, 0) is 41.0 Å². The van der Waals surface area contributed by atoms with Crippen LogP contribution in [0.1, 0.15) is 43.3 Å². The molecule has 0 N–H and O–H groups in total. The Balaban J connectivity index is 2.02. The van der Waals surface area contributed by atoms with E-state index in [1.54, 1.807) is 24.3 Å². The van der Waals surface area contributed by atoms with Crippen molar-refractivity contribution in [2.75, 3.05) is 14.2 Å². The zero-order chi connectivity index (χ0) is 19.2. The molecule has 0 aliphatic heterocycles. The maximum absolute atomic E-state index is 11.7. The molecule has 3 aromatic carbocycles. The molecule has 0 atom stereocenters. The number of carbonyl (C=O) groups excluding carboxylic acids is 2. The summed E-state index contributed by atoms with van der Waals surface area (Å²) in [6.07, 6.45) is 0. The Morgan fingerprint density at radius 3 is 1.33 bits per heavy atom. The minimum atomic E-state index is -0.361. The molecule has 0 saturated heterocycles. The van der Waals surface area contributed by atoms with Gasteiger partial charge in [0.05, 0.1) is 25.3 Å². The molecule has 0 spiro atoms. The van der Waals surface area contributed by atoms with Crippen LogP contribution in [0.4, 0.5) is 0 Å². The van der Waals surface area contributed by atoms with E-state index in [0.29, 0.717) is 11.1 Å². The van der Waals surface area contributed by atoms with Crippen LogP contribution in [-0.4, -0.2) is 26.2 Å². The van der Waals surface area contributed by atoms with Gasteiger partial charge < -0.3 is 9.47 Å². The van der Waals surface area contributed by atoms with Crippen molar-refractivity contribution in [3.05, 3.63) is 107 Å². The Labute approximate surface area is 158 Å². The zero-order valence-electron chi connectivity index (χ0n) is 15.2. The highest BCUT2D eigenvalue weighted by Crippen LogP contribution is 2.32. The lowest BCUT2D eigenvalue weighted by atomic mass is 9.84. The van der Waals surface area contributed by atoms with Crippen LogP contribution in [0.15, 0.2) is 78.9 Å². The van der Waals surface area contributed by atoms with Crippen LogP contribution in [-0.2, 0) is 9.47 Å². The summed E-state index contributed by atoms with van der Waals surface area (Å²) in [5.41, 5.74) is 4.22. The molecule has 0 fully saturated rings. The fraction of sp³-hybridized carbons (Fsp3) is 0.130. The third-order valence-corrected chi connectivity index (χ3v) is 4.46. The van der Waals surface area contributed by atoms with Crippen LogP contribution < -0.4 is 0 Å². The lowest BCUT2D eigenvalue weighted by molar-refractivity contribution is 0.0592. The first-order valence-electron chi connectivity index (χ1n) is 8.55. The first kappa shape index (κ1) is 18.4. The second kappa shape index (κ2) is 8.32. The fourth-order valence-corrected chi connectivity index (χ4v) is 3.08. The Hall–Kier alpha value is -3.40. The van der Waals surface area contributed by atoms with Crippen LogP contribution in [0, 0.1) is 0 Å². The molecule has 4 nitrogen and oxygen atoms in total. The van der Waals surface area contributed by atoms with E-state index in [9.17, 15) is 9.59 Å². The third-order valence-electron chi connectivity index (χ3n) is 4.46. The number of benzene rings is 3.